The zero-order valence-electron chi connectivity index (χ0n) is 15.5. The largest absolute Gasteiger partial charge is 0.343 e. The number of rotatable bonds is 7. The molecule has 1 unspecified atom stereocenters. The number of likely N-dealkylation sites (tertiary alicyclic amines) is 1. The van der Waals surface area contributed by atoms with E-state index in [1.165, 1.54) is 0 Å². The monoisotopic (exact) mass is 355 g/mol. The minimum atomic E-state index is -0.236. The Labute approximate surface area is 155 Å². The molecule has 0 radical (unpaired) electrons. The van der Waals surface area contributed by atoms with Crippen LogP contribution in [0.1, 0.15) is 30.9 Å². The van der Waals surface area contributed by atoms with Crippen LogP contribution in [-0.2, 0) is 11.3 Å². The standard InChI is InChI=1S/C20H29N5O/c1-23(20(26)16-19(21)17-6-3-2-4-7-17)18-8-12-24(13-9-18)14-15-25-11-5-10-22-25/h2-7,10-11,18-19H,8-9,12-16,21H2,1H3. The molecular weight excluding hydrogens is 326 g/mol. The SMILES string of the molecule is CN(C(=O)CC(N)c1ccccc1)C1CCN(CCn2cccn2)CC1. The predicted octanol–water partition coefficient (Wildman–Crippen LogP) is 1.90. The molecule has 140 valence electrons. The average molecular weight is 355 g/mol. The van der Waals surface area contributed by atoms with Gasteiger partial charge in [-0.15, -0.1) is 0 Å². The van der Waals surface area contributed by atoms with Gasteiger partial charge >= 0.3 is 0 Å². The smallest absolute Gasteiger partial charge is 0.224 e. The van der Waals surface area contributed by atoms with E-state index in [0.717, 1.165) is 44.6 Å². The number of nitrogens with zero attached hydrogens (tertiary/aromatic N) is 4. The predicted molar refractivity (Wildman–Crippen MR) is 102 cm³/mol. The van der Waals surface area contributed by atoms with Crippen molar-refractivity contribution in [3.63, 3.8) is 0 Å². The van der Waals surface area contributed by atoms with Gasteiger partial charge in [0.05, 0.1) is 6.54 Å². The lowest BCUT2D eigenvalue weighted by Gasteiger charge is -2.37. The topological polar surface area (TPSA) is 67.4 Å². The number of piperidine rings is 1. The fourth-order valence-electron chi connectivity index (χ4n) is 3.56. The summed E-state index contributed by atoms with van der Waals surface area (Å²) in [5.74, 6) is 0.136. The van der Waals surface area contributed by atoms with Gasteiger partial charge < -0.3 is 15.5 Å². The van der Waals surface area contributed by atoms with E-state index in [1.54, 1.807) is 0 Å². The van der Waals surface area contributed by atoms with E-state index in [4.69, 9.17) is 5.73 Å². The van der Waals surface area contributed by atoms with Crippen LogP contribution in [0.4, 0.5) is 0 Å². The molecule has 6 nitrogen and oxygen atoms in total. The first-order valence-electron chi connectivity index (χ1n) is 9.39. The van der Waals surface area contributed by atoms with Gasteiger partial charge in [0, 0.05) is 57.6 Å². The van der Waals surface area contributed by atoms with Crippen LogP contribution >= 0.6 is 0 Å². The van der Waals surface area contributed by atoms with Crippen LogP contribution in [0.5, 0.6) is 0 Å². The normalized spacial score (nSPS) is 17.2. The molecule has 1 saturated heterocycles. The summed E-state index contributed by atoms with van der Waals surface area (Å²) < 4.78 is 1.96. The number of hydrogen-bond donors (Lipinski definition) is 1. The summed E-state index contributed by atoms with van der Waals surface area (Å²) in [5, 5.41) is 4.24. The number of carbonyl (C=O) groups excluding carboxylic acids is 1. The summed E-state index contributed by atoms with van der Waals surface area (Å²) in [6.07, 6.45) is 6.20. The van der Waals surface area contributed by atoms with Crippen LogP contribution in [0.2, 0.25) is 0 Å². The van der Waals surface area contributed by atoms with Crippen LogP contribution in [-0.4, -0.2) is 58.2 Å². The summed E-state index contributed by atoms with van der Waals surface area (Å²) in [6.45, 7) is 3.96. The second-order valence-corrected chi connectivity index (χ2v) is 7.07. The molecule has 2 aromatic rings. The molecule has 1 aliphatic heterocycles. The fourth-order valence-corrected chi connectivity index (χ4v) is 3.56. The Bertz CT molecular complexity index is 665. The molecule has 1 amide bonds. The Morgan fingerprint density at radius 3 is 2.62 bits per heavy atom. The lowest BCUT2D eigenvalue weighted by molar-refractivity contribution is -0.133. The maximum Gasteiger partial charge on any atom is 0.224 e. The number of aromatic nitrogens is 2. The van der Waals surface area contributed by atoms with E-state index < -0.39 is 0 Å². The highest BCUT2D eigenvalue weighted by atomic mass is 16.2. The molecule has 2 N–H and O–H groups in total. The zero-order chi connectivity index (χ0) is 18.4. The Morgan fingerprint density at radius 1 is 1.23 bits per heavy atom. The molecule has 1 aromatic carbocycles. The van der Waals surface area contributed by atoms with Crippen molar-refractivity contribution in [2.75, 3.05) is 26.7 Å². The van der Waals surface area contributed by atoms with Gasteiger partial charge in [0.2, 0.25) is 5.91 Å². The Kier molecular flexibility index (Phi) is 6.41. The Morgan fingerprint density at radius 2 is 1.96 bits per heavy atom. The van der Waals surface area contributed by atoms with Gasteiger partial charge in [0.1, 0.15) is 0 Å². The van der Waals surface area contributed by atoms with Gasteiger partial charge in [-0.25, -0.2) is 0 Å². The number of amides is 1. The molecule has 0 spiro atoms. The molecule has 0 aliphatic carbocycles. The van der Waals surface area contributed by atoms with Crippen molar-refractivity contribution >= 4 is 5.91 Å². The van der Waals surface area contributed by atoms with Gasteiger partial charge in [0.25, 0.3) is 0 Å². The maximum atomic E-state index is 12.6. The van der Waals surface area contributed by atoms with Crippen LogP contribution in [0.3, 0.4) is 0 Å². The molecule has 0 bridgehead atoms. The Hall–Kier alpha value is -2.18. The third kappa shape index (κ3) is 4.93. The molecule has 1 atom stereocenters. The van der Waals surface area contributed by atoms with Crippen LogP contribution in [0.25, 0.3) is 0 Å². The third-order valence-corrected chi connectivity index (χ3v) is 5.32. The van der Waals surface area contributed by atoms with Crippen molar-refractivity contribution in [2.45, 2.75) is 37.9 Å². The second kappa shape index (κ2) is 8.96. The van der Waals surface area contributed by atoms with Crippen molar-refractivity contribution in [1.82, 2.24) is 19.6 Å². The fraction of sp³-hybridized carbons (Fsp3) is 0.500. The van der Waals surface area contributed by atoms with Crippen LogP contribution < -0.4 is 5.73 Å². The zero-order valence-corrected chi connectivity index (χ0v) is 15.5. The number of benzene rings is 1. The minimum Gasteiger partial charge on any atom is -0.343 e. The van der Waals surface area contributed by atoms with Crippen LogP contribution in [0.15, 0.2) is 48.8 Å². The van der Waals surface area contributed by atoms with Gasteiger partial charge in [0.15, 0.2) is 0 Å². The van der Waals surface area contributed by atoms with E-state index in [0.29, 0.717) is 12.5 Å². The lowest BCUT2D eigenvalue weighted by Crippen LogP contribution is -2.46. The first-order chi connectivity index (χ1) is 12.6. The molecule has 6 heteroatoms. The second-order valence-electron chi connectivity index (χ2n) is 7.07. The Balaban J connectivity index is 1.42. The van der Waals surface area contributed by atoms with Crippen molar-refractivity contribution in [3.05, 3.63) is 54.4 Å². The molecule has 26 heavy (non-hydrogen) atoms. The van der Waals surface area contributed by atoms with Crippen molar-refractivity contribution in [1.29, 1.82) is 0 Å². The highest BCUT2D eigenvalue weighted by molar-refractivity contribution is 5.77. The van der Waals surface area contributed by atoms with Gasteiger partial charge in [-0.3, -0.25) is 9.48 Å². The number of carbonyl (C=O) groups is 1. The lowest BCUT2D eigenvalue weighted by atomic mass is 10.0. The van der Waals surface area contributed by atoms with Gasteiger partial charge in [-0.1, -0.05) is 30.3 Å². The quantitative estimate of drug-likeness (QED) is 0.824. The van der Waals surface area contributed by atoms with Gasteiger partial charge in [-0.2, -0.15) is 5.10 Å². The summed E-state index contributed by atoms with van der Waals surface area (Å²) >= 11 is 0. The maximum absolute atomic E-state index is 12.6. The van der Waals surface area contributed by atoms with Crippen LogP contribution in [0, 0.1) is 0 Å². The molecule has 1 aromatic heterocycles. The van der Waals surface area contributed by atoms with Crippen molar-refractivity contribution in [3.8, 4) is 0 Å². The first-order valence-corrected chi connectivity index (χ1v) is 9.39. The molecule has 1 aliphatic rings. The highest BCUT2D eigenvalue weighted by Crippen LogP contribution is 2.19. The summed E-state index contributed by atoms with van der Waals surface area (Å²) in [5.41, 5.74) is 7.22. The highest BCUT2D eigenvalue weighted by Gasteiger charge is 2.26. The van der Waals surface area contributed by atoms with E-state index in [2.05, 4.69) is 10.00 Å². The van der Waals surface area contributed by atoms with E-state index in [9.17, 15) is 4.79 Å². The molecule has 0 saturated carbocycles. The molecular formula is C20H29N5O. The number of hydrogen-bond acceptors (Lipinski definition) is 4. The third-order valence-electron chi connectivity index (χ3n) is 5.32. The van der Waals surface area contributed by atoms with E-state index in [1.807, 2.05) is 65.4 Å². The van der Waals surface area contributed by atoms with E-state index in [-0.39, 0.29) is 11.9 Å². The van der Waals surface area contributed by atoms with Crippen molar-refractivity contribution in [2.24, 2.45) is 5.73 Å². The van der Waals surface area contributed by atoms with E-state index >= 15 is 0 Å². The van der Waals surface area contributed by atoms with Crippen molar-refractivity contribution < 1.29 is 4.79 Å². The molecule has 2 heterocycles. The number of nitrogens with two attached hydrogens (primary N) is 1. The molecule has 1 fully saturated rings. The first kappa shape index (κ1) is 18.6. The minimum absolute atomic E-state index is 0.136. The average Bonchev–Trinajstić information content (AvgIpc) is 3.20. The summed E-state index contributed by atoms with van der Waals surface area (Å²) in [7, 11) is 1.92. The summed E-state index contributed by atoms with van der Waals surface area (Å²) in [4.78, 5) is 17.0. The summed E-state index contributed by atoms with van der Waals surface area (Å²) in [6, 6.07) is 11.9. The molecule has 3 rings (SSSR count). The van der Waals surface area contributed by atoms with Gasteiger partial charge in [-0.05, 0) is 24.5 Å².